The van der Waals surface area contributed by atoms with Crippen LogP contribution in [-0.2, 0) is 13.0 Å². The molecule has 0 bridgehead atoms. The number of unbranched alkanes of at least 4 members (excludes halogenated alkanes) is 2. The maximum atomic E-state index is 13.2. The number of benzene rings is 2. The molecule has 130 valence electrons. The van der Waals surface area contributed by atoms with Gasteiger partial charge in [0.15, 0.2) is 5.78 Å². The van der Waals surface area contributed by atoms with Gasteiger partial charge >= 0.3 is 0 Å². The molecule has 1 heterocycles. The molecule has 0 N–H and O–H groups in total. The molecule has 0 amide bonds. The van der Waals surface area contributed by atoms with Crippen LogP contribution in [0.5, 0.6) is 0 Å². The van der Waals surface area contributed by atoms with Crippen molar-refractivity contribution in [2.45, 2.75) is 39.2 Å². The van der Waals surface area contributed by atoms with Crippen molar-refractivity contribution < 1.29 is 9.18 Å². The predicted molar refractivity (Wildman–Crippen MR) is 101 cm³/mol. The number of ketones is 1. The number of rotatable bonds is 8. The summed E-state index contributed by atoms with van der Waals surface area (Å²) in [5, 5.41) is 0.990. The van der Waals surface area contributed by atoms with Gasteiger partial charge in [-0.05, 0) is 37.3 Å². The Bertz CT molecular complexity index is 865. The zero-order chi connectivity index (χ0) is 17.6. The predicted octanol–water partition coefficient (Wildman–Crippen LogP) is 5.57. The number of aryl methyl sites for hydroxylation is 2. The zero-order valence-electron chi connectivity index (χ0n) is 14.7. The topological polar surface area (TPSA) is 22.0 Å². The van der Waals surface area contributed by atoms with Gasteiger partial charge in [0.2, 0.25) is 0 Å². The number of hydrogen-bond acceptors (Lipinski definition) is 1. The molecule has 0 atom stereocenters. The van der Waals surface area contributed by atoms with E-state index < -0.39 is 0 Å². The summed E-state index contributed by atoms with van der Waals surface area (Å²) in [6, 6.07) is 15.8. The molecule has 1 aromatic heterocycles. The standard InChI is InChI=1S/C22H24FNO/c1-2-17-10-4-5-11-18(17)22(25)20-16-24(15-9-3-8-14-23)21-13-7-6-12-19(20)21/h4-7,10-13,16H,2-3,8-9,14-15H2,1H3. The second-order valence-corrected chi connectivity index (χ2v) is 6.34. The molecule has 3 rings (SSSR count). The third kappa shape index (κ3) is 3.65. The molecule has 0 saturated carbocycles. The largest absolute Gasteiger partial charge is 0.347 e. The first kappa shape index (κ1) is 17.4. The number of para-hydroxylation sites is 1. The van der Waals surface area contributed by atoms with E-state index in [4.69, 9.17) is 0 Å². The molecule has 0 fully saturated rings. The van der Waals surface area contributed by atoms with Gasteiger partial charge in [-0.25, -0.2) is 0 Å². The molecule has 2 nitrogen and oxygen atoms in total. The van der Waals surface area contributed by atoms with Crippen molar-refractivity contribution in [2.75, 3.05) is 6.67 Å². The molecule has 0 unspecified atom stereocenters. The van der Waals surface area contributed by atoms with Crippen molar-refractivity contribution in [2.24, 2.45) is 0 Å². The van der Waals surface area contributed by atoms with E-state index >= 15 is 0 Å². The highest BCUT2D eigenvalue weighted by atomic mass is 19.1. The first-order chi connectivity index (χ1) is 12.3. The summed E-state index contributed by atoms with van der Waals surface area (Å²) in [6.45, 7) is 2.62. The summed E-state index contributed by atoms with van der Waals surface area (Å²) in [6.07, 6.45) is 5.19. The fourth-order valence-electron chi connectivity index (χ4n) is 3.36. The number of fused-ring (bicyclic) bond motifs is 1. The van der Waals surface area contributed by atoms with E-state index in [1.165, 1.54) is 0 Å². The number of nitrogens with zero attached hydrogens (tertiary/aromatic N) is 1. The fraction of sp³-hybridized carbons (Fsp3) is 0.318. The average Bonchev–Trinajstić information content (AvgIpc) is 3.03. The molecule has 0 spiro atoms. The molecular weight excluding hydrogens is 313 g/mol. The zero-order valence-corrected chi connectivity index (χ0v) is 14.7. The van der Waals surface area contributed by atoms with Crippen molar-refractivity contribution in [3.05, 3.63) is 71.4 Å². The van der Waals surface area contributed by atoms with Crippen LogP contribution in [0.2, 0.25) is 0 Å². The second-order valence-electron chi connectivity index (χ2n) is 6.34. The number of hydrogen-bond donors (Lipinski definition) is 0. The summed E-state index contributed by atoms with van der Waals surface area (Å²) >= 11 is 0. The Balaban J connectivity index is 1.97. The Morgan fingerprint density at radius 1 is 0.960 bits per heavy atom. The highest BCUT2D eigenvalue weighted by molar-refractivity contribution is 6.17. The summed E-state index contributed by atoms with van der Waals surface area (Å²) in [5.41, 5.74) is 3.68. The van der Waals surface area contributed by atoms with E-state index in [0.29, 0.717) is 6.42 Å². The van der Waals surface area contributed by atoms with Crippen LogP contribution in [0, 0.1) is 0 Å². The molecule has 0 aliphatic carbocycles. The van der Waals surface area contributed by atoms with Crippen molar-refractivity contribution in [1.29, 1.82) is 0 Å². The van der Waals surface area contributed by atoms with Crippen LogP contribution in [0.25, 0.3) is 10.9 Å². The van der Waals surface area contributed by atoms with E-state index in [2.05, 4.69) is 11.5 Å². The monoisotopic (exact) mass is 337 g/mol. The number of carbonyl (C=O) groups is 1. The van der Waals surface area contributed by atoms with Gasteiger partial charge in [0.25, 0.3) is 0 Å². The van der Waals surface area contributed by atoms with E-state index in [9.17, 15) is 9.18 Å². The maximum Gasteiger partial charge on any atom is 0.195 e. The van der Waals surface area contributed by atoms with Crippen LogP contribution in [0.15, 0.2) is 54.7 Å². The van der Waals surface area contributed by atoms with Crippen LogP contribution in [0.4, 0.5) is 4.39 Å². The normalized spacial score (nSPS) is 11.1. The molecule has 0 radical (unpaired) electrons. The lowest BCUT2D eigenvalue weighted by Crippen LogP contribution is -2.04. The number of aromatic nitrogens is 1. The summed E-state index contributed by atoms with van der Waals surface area (Å²) in [5.74, 6) is 0.0798. The third-order valence-electron chi connectivity index (χ3n) is 4.71. The molecule has 3 heteroatoms. The number of halogens is 1. The van der Waals surface area contributed by atoms with Gasteiger partial charge in [-0.2, -0.15) is 0 Å². The lowest BCUT2D eigenvalue weighted by molar-refractivity contribution is 0.103. The van der Waals surface area contributed by atoms with Gasteiger partial charge in [-0.1, -0.05) is 49.4 Å². The van der Waals surface area contributed by atoms with E-state index in [1.54, 1.807) is 0 Å². The third-order valence-corrected chi connectivity index (χ3v) is 4.71. The van der Waals surface area contributed by atoms with Gasteiger partial charge in [0.1, 0.15) is 0 Å². The summed E-state index contributed by atoms with van der Waals surface area (Å²) in [7, 11) is 0. The van der Waals surface area contributed by atoms with Gasteiger partial charge < -0.3 is 4.57 Å². The van der Waals surface area contributed by atoms with E-state index in [1.807, 2.05) is 54.7 Å². The van der Waals surface area contributed by atoms with Crippen molar-refractivity contribution >= 4 is 16.7 Å². The van der Waals surface area contributed by atoms with Crippen LogP contribution < -0.4 is 0 Å². The van der Waals surface area contributed by atoms with Crippen molar-refractivity contribution in [3.63, 3.8) is 0 Å². The average molecular weight is 337 g/mol. The molecule has 25 heavy (non-hydrogen) atoms. The van der Waals surface area contributed by atoms with Gasteiger partial charge in [-0.15, -0.1) is 0 Å². The maximum absolute atomic E-state index is 13.2. The van der Waals surface area contributed by atoms with Crippen LogP contribution >= 0.6 is 0 Å². The SMILES string of the molecule is CCc1ccccc1C(=O)c1cn(CCCCCF)c2ccccc12. The highest BCUT2D eigenvalue weighted by Crippen LogP contribution is 2.25. The molecular formula is C22H24FNO. The highest BCUT2D eigenvalue weighted by Gasteiger charge is 2.18. The first-order valence-corrected chi connectivity index (χ1v) is 9.02. The molecule has 2 aromatic carbocycles. The Kier molecular flexibility index (Phi) is 5.64. The minimum atomic E-state index is -0.260. The Morgan fingerprint density at radius 2 is 1.72 bits per heavy atom. The lowest BCUT2D eigenvalue weighted by atomic mass is 9.97. The van der Waals surface area contributed by atoms with Gasteiger partial charge in [0, 0.05) is 34.8 Å². The molecule has 0 aliphatic rings. The lowest BCUT2D eigenvalue weighted by Gasteiger charge is -2.06. The minimum absolute atomic E-state index is 0.0798. The smallest absolute Gasteiger partial charge is 0.195 e. The van der Waals surface area contributed by atoms with Gasteiger partial charge in [-0.3, -0.25) is 9.18 Å². The van der Waals surface area contributed by atoms with E-state index in [-0.39, 0.29) is 12.5 Å². The fourth-order valence-corrected chi connectivity index (χ4v) is 3.36. The summed E-state index contributed by atoms with van der Waals surface area (Å²) < 4.78 is 14.4. The second kappa shape index (κ2) is 8.11. The van der Waals surface area contributed by atoms with Crippen molar-refractivity contribution in [3.8, 4) is 0 Å². The number of alkyl halides is 1. The minimum Gasteiger partial charge on any atom is -0.347 e. The Hall–Kier alpha value is -2.42. The van der Waals surface area contributed by atoms with Crippen LogP contribution in [0.1, 0.15) is 47.7 Å². The van der Waals surface area contributed by atoms with Crippen LogP contribution in [-0.4, -0.2) is 17.0 Å². The first-order valence-electron chi connectivity index (χ1n) is 9.02. The molecule has 0 aliphatic heterocycles. The Morgan fingerprint density at radius 3 is 2.52 bits per heavy atom. The van der Waals surface area contributed by atoms with Crippen LogP contribution in [0.3, 0.4) is 0 Å². The quantitative estimate of drug-likeness (QED) is 0.389. The molecule has 0 saturated heterocycles. The Labute approximate surface area is 148 Å². The molecule has 3 aromatic rings. The van der Waals surface area contributed by atoms with Gasteiger partial charge in [0.05, 0.1) is 6.67 Å². The van der Waals surface area contributed by atoms with Crippen molar-refractivity contribution in [1.82, 2.24) is 4.57 Å². The van der Waals surface area contributed by atoms with E-state index in [0.717, 1.165) is 53.4 Å². The summed E-state index contributed by atoms with van der Waals surface area (Å²) in [4.78, 5) is 13.2. The number of carbonyl (C=O) groups excluding carboxylic acids is 1.